The Morgan fingerprint density at radius 3 is 2.75 bits per heavy atom. The molecule has 1 rings (SSSR count). The Hall–Kier alpha value is -1.42. The van der Waals surface area contributed by atoms with Gasteiger partial charge in [-0.1, -0.05) is 12.1 Å². The van der Waals surface area contributed by atoms with Crippen molar-refractivity contribution >= 4 is 5.97 Å². The van der Waals surface area contributed by atoms with Crippen LogP contribution in [-0.4, -0.2) is 24.7 Å². The van der Waals surface area contributed by atoms with Crippen molar-refractivity contribution in [3.8, 4) is 0 Å². The highest BCUT2D eigenvalue weighted by Crippen LogP contribution is 2.28. The number of rotatable bonds is 5. The van der Waals surface area contributed by atoms with Gasteiger partial charge in [-0.3, -0.25) is 4.79 Å². The molecule has 0 aliphatic heterocycles. The van der Waals surface area contributed by atoms with E-state index >= 15 is 0 Å². The zero-order valence-corrected chi connectivity index (χ0v) is 9.46. The lowest BCUT2D eigenvalue weighted by Crippen LogP contribution is -2.35. The van der Waals surface area contributed by atoms with Gasteiger partial charge in [-0.05, 0) is 44.6 Å². The Kier molecular flexibility index (Phi) is 4.01. The van der Waals surface area contributed by atoms with Crippen molar-refractivity contribution in [3.63, 3.8) is 0 Å². The number of carbonyl (C=O) groups is 1. The van der Waals surface area contributed by atoms with Gasteiger partial charge in [-0.2, -0.15) is 0 Å². The topological polar surface area (TPSA) is 49.3 Å². The Labute approximate surface area is 94.3 Å². The summed E-state index contributed by atoms with van der Waals surface area (Å²) < 4.78 is 13.1. The number of aliphatic carboxylic acids is 1. The van der Waals surface area contributed by atoms with Crippen molar-refractivity contribution in [1.29, 1.82) is 0 Å². The van der Waals surface area contributed by atoms with Crippen molar-refractivity contribution in [1.82, 2.24) is 5.32 Å². The molecule has 0 aromatic heterocycles. The van der Waals surface area contributed by atoms with Crippen molar-refractivity contribution in [2.24, 2.45) is 0 Å². The molecule has 0 fully saturated rings. The smallest absolute Gasteiger partial charge is 0.313 e. The standard InChI is InChI=1S/C12H16FNO2/c1-12(11(15)16,6-7-14-2)9-4-3-5-10(13)8-9/h3-5,8,14H,6-7H2,1-2H3,(H,15,16). The molecular formula is C12H16FNO2. The molecule has 0 aliphatic carbocycles. The maximum Gasteiger partial charge on any atom is 0.313 e. The summed E-state index contributed by atoms with van der Waals surface area (Å²) in [5, 5.41) is 12.2. The van der Waals surface area contributed by atoms with Crippen LogP contribution in [0.3, 0.4) is 0 Å². The SMILES string of the molecule is CNCCC(C)(C(=O)O)c1cccc(F)c1. The largest absolute Gasteiger partial charge is 0.481 e. The van der Waals surface area contributed by atoms with Crippen molar-refractivity contribution in [2.45, 2.75) is 18.8 Å². The number of nitrogens with one attached hydrogen (secondary N) is 1. The van der Waals surface area contributed by atoms with E-state index < -0.39 is 17.2 Å². The van der Waals surface area contributed by atoms with Gasteiger partial charge in [0.1, 0.15) is 5.82 Å². The zero-order valence-electron chi connectivity index (χ0n) is 9.46. The first-order valence-corrected chi connectivity index (χ1v) is 5.15. The molecule has 1 aromatic carbocycles. The molecule has 0 spiro atoms. The third kappa shape index (κ3) is 2.58. The number of carboxylic acids is 1. The van der Waals surface area contributed by atoms with Gasteiger partial charge < -0.3 is 10.4 Å². The third-order valence-corrected chi connectivity index (χ3v) is 2.81. The summed E-state index contributed by atoms with van der Waals surface area (Å²) in [6, 6.07) is 5.77. The highest BCUT2D eigenvalue weighted by molar-refractivity contribution is 5.80. The Morgan fingerprint density at radius 1 is 1.56 bits per heavy atom. The monoisotopic (exact) mass is 225 g/mol. The fraction of sp³-hybridized carbons (Fsp3) is 0.417. The molecule has 0 amide bonds. The first-order chi connectivity index (χ1) is 7.50. The molecule has 0 aliphatic rings. The van der Waals surface area contributed by atoms with Gasteiger partial charge in [0.05, 0.1) is 5.41 Å². The van der Waals surface area contributed by atoms with E-state index in [1.165, 1.54) is 18.2 Å². The second-order valence-corrected chi connectivity index (χ2v) is 4.00. The minimum Gasteiger partial charge on any atom is -0.481 e. The maximum absolute atomic E-state index is 13.1. The van der Waals surface area contributed by atoms with Crippen LogP contribution in [0.15, 0.2) is 24.3 Å². The lowest BCUT2D eigenvalue weighted by molar-refractivity contribution is -0.143. The average molecular weight is 225 g/mol. The van der Waals surface area contributed by atoms with Gasteiger partial charge in [0.25, 0.3) is 0 Å². The Morgan fingerprint density at radius 2 is 2.25 bits per heavy atom. The van der Waals surface area contributed by atoms with Crippen molar-refractivity contribution in [2.75, 3.05) is 13.6 Å². The van der Waals surface area contributed by atoms with Gasteiger partial charge in [0.15, 0.2) is 0 Å². The first kappa shape index (κ1) is 12.6. The molecule has 1 aromatic rings. The molecule has 88 valence electrons. The molecule has 0 saturated carbocycles. The number of carboxylic acid groups (broad SMARTS) is 1. The second-order valence-electron chi connectivity index (χ2n) is 4.00. The van der Waals surface area contributed by atoms with Gasteiger partial charge in [0.2, 0.25) is 0 Å². The van der Waals surface area contributed by atoms with E-state index in [2.05, 4.69) is 5.32 Å². The van der Waals surface area contributed by atoms with Crippen molar-refractivity contribution in [3.05, 3.63) is 35.6 Å². The van der Waals surface area contributed by atoms with Crippen LogP contribution in [0.4, 0.5) is 4.39 Å². The van der Waals surface area contributed by atoms with E-state index in [-0.39, 0.29) is 0 Å². The quantitative estimate of drug-likeness (QED) is 0.803. The lowest BCUT2D eigenvalue weighted by atomic mass is 9.79. The van der Waals surface area contributed by atoms with E-state index in [4.69, 9.17) is 0 Å². The lowest BCUT2D eigenvalue weighted by Gasteiger charge is -2.25. The average Bonchev–Trinajstić information content (AvgIpc) is 2.25. The summed E-state index contributed by atoms with van der Waals surface area (Å²) in [6.07, 6.45) is 0.419. The molecule has 0 bridgehead atoms. The summed E-state index contributed by atoms with van der Waals surface area (Å²) in [5.41, 5.74) is -0.555. The molecule has 4 heteroatoms. The van der Waals surface area contributed by atoms with E-state index in [1.807, 2.05) is 0 Å². The second kappa shape index (κ2) is 5.07. The molecule has 16 heavy (non-hydrogen) atoms. The van der Waals surface area contributed by atoms with Gasteiger partial charge >= 0.3 is 5.97 Å². The first-order valence-electron chi connectivity index (χ1n) is 5.15. The molecule has 3 nitrogen and oxygen atoms in total. The van der Waals surface area contributed by atoms with Crippen LogP contribution in [0.5, 0.6) is 0 Å². The third-order valence-electron chi connectivity index (χ3n) is 2.81. The predicted molar refractivity (Wildman–Crippen MR) is 59.9 cm³/mol. The summed E-state index contributed by atoms with van der Waals surface area (Å²) in [5.74, 6) is -1.34. The highest BCUT2D eigenvalue weighted by Gasteiger charge is 2.34. The van der Waals surface area contributed by atoms with Crippen LogP contribution < -0.4 is 5.32 Å². The molecule has 2 N–H and O–H groups in total. The van der Waals surface area contributed by atoms with E-state index in [0.29, 0.717) is 18.5 Å². The number of hydrogen-bond donors (Lipinski definition) is 2. The van der Waals surface area contributed by atoms with Crippen LogP contribution in [0.1, 0.15) is 18.9 Å². The van der Waals surface area contributed by atoms with Gasteiger partial charge in [-0.25, -0.2) is 4.39 Å². The Bertz CT molecular complexity index is 381. The van der Waals surface area contributed by atoms with Crippen LogP contribution >= 0.6 is 0 Å². The fourth-order valence-corrected chi connectivity index (χ4v) is 1.58. The summed E-state index contributed by atoms with van der Waals surface area (Å²) in [4.78, 5) is 11.3. The van der Waals surface area contributed by atoms with Gasteiger partial charge in [-0.15, -0.1) is 0 Å². The zero-order chi connectivity index (χ0) is 12.2. The van der Waals surface area contributed by atoms with E-state index in [9.17, 15) is 14.3 Å². The molecule has 0 radical (unpaired) electrons. The minimum atomic E-state index is -1.05. The number of hydrogen-bond acceptors (Lipinski definition) is 2. The normalized spacial score (nSPS) is 14.4. The van der Waals surface area contributed by atoms with E-state index in [0.717, 1.165) is 0 Å². The van der Waals surface area contributed by atoms with Crippen LogP contribution in [0.25, 0.3) is 0 Å². The summed E-state index contributed by atoms with van der Waals surface area (Å²) in [6.45, 7) is 2.18. The van der Waals surface area contributed by atoms with Crippen LogP contribution in [0, 0.1) is 5.82 Å². The van der Waals surface area contributed by atoms with Crippen LogP contribution in [0.2, 0.25) is 0 Å². The molecule has 1 atom stereocenters. The minimum absolute atomic E-state index is 0.408. The molecular weight excluding hydrogens is 209 g/mol. The maximum atomic E-state index is 13.1. The van der Waals surface area contributed by atoms with Crippen LogP contribution in [-0.2, 0) is 10.2 Å². The van der Waals surface area contributed by atoms with Gasteiger partial charge in [0, 0.05) is 0 Å². The summed E-state index contributed by atoms with van der Waals surface area (Å²) >= 11 is 0. The fourth-order valence-electron chi connectivity index (χ4n) is 1.58. The number of halogens is 1. The molecule has 0 heterocycles. The predicted octanol–water partition coefficient (Wildman–Crippen LogP) is 1.78. The summed E-state index contributed by atoms with van der Waals surface area (Å²) in [7, 11) is 1.76. The molecule has 0 saturated heterocycles. The van der Waals surface area contributed by atoms with Crippen molar-refractivity contribution < 1.29 is 14.3 Å². The number of benzene rings is 1. The van der Waals surface area contributed by atoms with E-state index in [1.54, 1.807) is 20.0 Å². The highest BCUT2D eigenvalue weighted by atomic mass is 19.1. The Balaban J connectivity index is 3.06. The molecule has 1 unspecified atom stereocenters.